The van der Waals surface area contributed by atoms with E-state index >= 15 is 0 Å². The van der Waals surface area contributed by atoms with E-state index in [0.29, 0.717) is 49.4 Å². The monoisotopic (exact) mass is 875 g/mol. The molecule has 15 nitrogen and oxygen atoms in total. The van der Waals surface area contributed by atoms with Crippen molar-refractivity contribution in [2.45, 2.75) is 64.4 Å². The number of methoxy groups -OCH3 is 1. The number of halogens is 1. The van der Waals surface area contributed by atoms with Crippen molar-refractivity contribution in [3.63, 3.8) is 0 Å². The molecule has 17 heteroatoms. The maximum atomic E-state index is 13.1. The summed E-state index contributed by atoms with van der Waals surface area (Å²) in [7, 11) is -2.00. The molecule has 0 spiro atoms. The Morgan fingerprint density at radius 3 is 2.42 bits per heavy atom. The van der Waals surface area contributed by atoms with Gasteiger partial charge in [-0.2, -0.15) is 8.42 Å². The number of nitrogens with zero attached hydrogens (tertiary/aromatic N) is 2. The maximum absolute atomic E-state index is 13.1. The van der Waals surface area contributed by atoms with E-state index in [1.54, 1.807) is 13.2 Å². The number of benzene rings is 3. The highest BCUT2D eigenvalue weighted by Gasteiger charge is 2.52. The van der Waals surface area contributed by atoms with E-state index in [9.17, 15) is 23.1 Å². The third-order valence-corrected chi connectivity index (χ3v) is 11.1. The van der Waals surface area contributed by atoms with Gasteiger partial charge in [-0.25, -0.2) is 4.79 Å². The van der Waals surface area contributed by atoms with E-state index in [0.717, 1.165) is 48.3 Å². The Balaban J connectivity index is 1.38. The highest BCUT2D eigenvalue weighted by molar-refractivity contribution is 7.85. The molecular formula is C43H58ClN3O12S. The van der Waals surface area contributed by atoms with E-state index in [4.69, 9.17) is 44.2 Å². The molecule has 3 aromatic carbocycles. The largest absolute Gasteiger partial charge is 0.493 e. The quantitative estimate of drug-likeness (QED) is 0.0948. The summed E-state index contributed by atoms with van der Waals surface area (Å²) < 4.78 is 63.8. The van der Waals surface area contributed by atoms with Crippen molar-refractivity contribution in [1.29, 1.82) is 0 Å². The average molecular weight is 876 g/mol. The molecule has 0 saturated carbocycles. The van der Waals surface area contributed by atoms with Gasteiger partial charge in [0.1, 0.15) is 30.5 Å². The van der Waals surface area contributed by atoms with E-state index in [1.165, 1.54) is 4.90 Å². The maximum Gasteiger partial charge on any atom is 0.407 e. The zero-order valence-electron chi connectivity index (χ0n) is 35.0. The number of carbonyl (C=O) groups excluding carboxylic acids is 1. The third kappa shape index (κ3) is 13.6. The third-order valence-electron chi connectivity index (χ3n) is 10.2. The summed E-state index contributed by atoms with van der Waals surface area (Å²) in [6, 6.07) is 20.0. The van der Waals surface area contributed by atoms with Crippen LogP contribution in [0.4, 0.5) is 10.5 Å². The van der Waals surface area contributed by atoms with Crippen LogP contribution in [0.5, 0.6) is 17.2 Å². The number of fused-ring (bicyclic) bond motifs is 1. The predicted octanol–water partition coefficient (Wildman–Crippen LogP) is 5.98. The van der Waals surface area contributed by atoms with Gasteiger partial charge >= 0.3 is 6.09 Å². The number of piperidine rings is 1. The number of hydrogen-bond acceptors (Lipinski definition) is 12. The van der Waals surface area contributed by atoms with Gasteiger partial charge in [0.2, 0.25) is 5.91 Å². The number of hydrogen-bond donors (Lipinski definition) is 2. The number of ether oxygens (including phenoxy) is 6. The lowest BCUT2D eigenvalue weighted by molar-refractivity contribution is -0.149. The summed E-state index contributed by atoms with van der Waals surface area (Å²) in [5.74, 6) is 0.975. The molecule has 0 radical (unpaired) electrons. The van der Waals surface area contributed by atoms with Gasteiger partial charge < -0.3 is 43.7 Å². The number of rotatable bonds is 21. The zero-order chi connectivity index (χ0) is 43.3. The molecule has 2 aliphatic heterocycles. The standard InChI is InChI=1S/C43H58ClN3O12S/c1-43(2,3)41-40(58-29-38(48)45-18-24-59-60(5,51)52)39(31-13-15-32(16-14-31)54-22-9-23-55-35-11-7-6-10-33(35)44)37(27-47(41)42(49)50)57-28-30-12-17-36-34(26-30)46(20-25-56-36)19-8-21-53-4/h6-7,10-17,26,37,39-41H,8-9,18-25,27-29H2,1-5H3,(H,45,48)(H,49,50)/t37-,39+,40-,41?/m0/s1. The Labute approximate surface area is 358 Å². The molecule has 0 aromatic heterocycles. The number of amides is 2. The van der Waals surface area contributed by atoms with Crippen molar-refractivity contribution in [1.82, 2.24) is 10.2 Å². The number of carbonyl (C=O) groups is 2. The SMILES string of the molecule is COCCCN1CCOc2ccc(CO[C@H]3CN(C(=O)O)C(C(C)(C)C)[C@@H](OCC(=O)NCCOS(C)(=O)=O)[C@@H]3c3ccc(OCCCOc4ccccc4Cl)cc3)cc21. The molecule has 1 unspecified atom stereocenters. The zero-order valence-corrected chi connectivity index (χ0v) is 36.5. The van der Waals surface area contributed by atoms with Crippen LogP contribution in [0.15, 0.2) is 66.7 Å². The van der Waals surface area contributed by atoms with E-state index < -0.39 is 58.3 Å². The minimum Gasteiger partial charge on any atom is -0.493 e. The first kappa shape index (κ1) is 46.7. The molecule has 3 aromatic rings. The molecule has 60 heavy (non-hydrogen) atoms. The molecule has 1 saturated heterocycles. The summed E-state index contributed by atoms with van der Waals surface area (Å²) in [4.78, 5) is 29.7. The van der Waals surface area contributed by atoms with Gasteiger partial charge in [0.15, 0.2) is 0 Å². The van der Waals surface area contributed by atoms with Gasteiger partial charge in [-0.05, 0) is 59.4 Å². The van der Waals surface area contributed by atoms with Gasteiger partial charge in [-0.3, -0.25) is 13.9 Å². The van der Waals surface area contributed by atoms with Crippen molar-refractivity contribution >= 4 is 39.4 Å². The van der Waals surface area contributed by atoms with Crippen LogP contribution in [0.3, 0.4) is 0 Å². The second-order valence-electron chi connectivity index (χ2n) is 15.8. The molecule has 0 bridgehead atoms. The Morgan fingerprint density at radius 1 is 0.967 bits per heavy atom. The highest BCUT2D eigenvalue weighted by Crippen LogP contribution is 2.43. The minimum absolute atomic E-state index is 0.0394. The fourth-order valence-corrected chi connectivity index (χ4v) is 8.12. The minimum atomic E-state index is -3.68. The van der Waals surface area contributed by atoms with Gasteiger partial charge in [0, 0.05) is 39.1 Å². The number of carboxylic acid groups (broad SMARTS) is 1. The smallest absolute Gasteiger partial charge is 0.407 e. The molecule has 2 aliphatic rings. The van der Waals surface area contributed by atoms with Crippen molar-refractivity contribution in [3.05, 3.63) is 82.9 Å². The van der Waals surface area contributed by atoms with Crippen LogP contribution in [0.25, 0.3) is 0 Å². The fourth-order valence-electron chi connectivity index (χ4n) is 7.55. The molecular weight excluding hydrogens is 818 g/mol. The molecule has 0 aliphatic carbocycles. The first-order valence-corrected chi connectivity index (χ1v) is 22.3. The second-order valence-corrected chi connectivity index (χ2v) is 17.9. The lowest BCUT2D eigenvalue weighted by Crippen LogP contribution is -2.64. The summed E-state index contributed by atoms with van der Waals surface area (Å²) in [6.07, 6.45) is -0.290. The van der Waals surface area contributed by atoms with Crippen LogP contribution in [0.1, 0.15) is 50.7 Å². The lowest BCUT2D eigenvalue weighted by Gasteiger charge is -2.52. The highest BCUT2D eigenvalue weighted by atomic mass is 35.5. The van der Waals surface area contributed by atoms with E-state index in [1.807, 2.05) is 81.4 Å². The predicted molar refractivity (Wildman–Crippen MR) is 227 cm³/mol. The molecule has 330 valence electrons. The summed E-state index contributed by atoms with van der Waals surface area (Å²) in [5, 5.41) is 13.8. The normalized spacial score (nSPS) is 19.3. The van der Waals surface area contributed by atoms with Crippen LogP contribution in [0, 0.1) is 5.41 Å². The number of likely N-dealkylation sites (tertiary alicyclic amines) is 1. The second kappa shape index (κ2) is 22.0. The first-order valence-electron chi connectivity index (χ1n) is 20.1. The molecule has 1 fully saturated rings. The summed E-state index contributed by atoms with van der Waals surface area (Å²) in [5.41, 5.74) is 2.01. The number of nitrogens with one attached hydrogen (secondary N) is 1. The Bertz CT molecular complexity index is 1960. The molecule has 2 heterocycles. The lowest BCUT2D eigenvalue weighted by atomic mass is 9.71. The summed E-state index contributed by atoms with van der Waals surface area (Å²) >= 11 is 6.21. The van der Waals surface area contributed by atoms with Gasteiger partial charge in [-0.1, -0.05) is 62.7 Å². The van der Waals surface area contributed by atoms with Crippen molar-refractivity contribution in [2.24, 2.45) is 5.41 Å². The van der Waals surface area contributed by atoms with Crippen LogP contribution >= 0.6 is 11.6 Å². The number of anilines is 1. The van der Waals surface area contributed by atoms with Gasteiger partial charge in [-0.15, -0.1) is 0 Å². The van der Waals surface area contributed by atoms with Gasteiger partial charge in [0.05, 0.1) is 74.7 Å². The molecule has 4 atom stereocenters. The molecule has 5 rings (SSSR count). The van der Waals surface area contributed by atoms with E-state index in [2.05, 4.69) is 10.2 Å². The summed E-state index contributed by atoms with van der Waals surface area (Å²) in [6.45, 7) is 8.84. The first-order chi connectivity index (χ1) is 28.6. The molecule has 2 amide bonds. The van der Waals surface area contributed by atoms with Crippen LogP contribution < -0.4 is 24.4 Å². The fraction of sp³-hybridized carbons (Fsp3) is 0.535. The Morgan fingerprint density at radius 2 is 1.72 bits per heavy atom. The van der Waals surface area contributed by atoms with Crippen molar-refractivity contribution in [3.8, 4) is 17.2 Å². The topological polar surface area (TPSA) is 172 Å². The Hall–Kier alpha value is -4.32. The van der Waals surface area contributed by atoms with Crippen molar-refractivity contribution in [2.75, 3.05) is 84.1 Å². The molecule has 2 N–H and O–H groups in total. The number of para-hydroxylation sites is 1. The van der Waals surface area contributed by atoms with Crippen LogP contribution in [-0.4, -0.2) is 128 Å². The van der Waals surface area contributed by atoms with Crippen LogP contribution in [0.2, 0.25) is 5.02 Å². The average Bonchev–Trinajstić information content (AvgIpc) is 3.20. The van der Waals surface area contributed by atoms with Gasteiger partial charge in [0.25, 0.3) is 10.1 Å². The Kier molecular flexibility index (Phi) is 17.1. The van der Waals surface area contributed by atoms with Crippen LogP contribution in [-0.2, 0) is 39.9 Å². The van der Waals surface area contributed by atoms with E-state index in [-0.39, 0.29) is 26.3 Å². The van der Waals surface area contributed by atoms with Crippen molar-refractivity contribution < 1.29 is 55.7 Å².